The highest BCUT2D eigenvalue weighted by atomic mass is 16.5. The average Bonchev–Trinajstić information content (AvgIpc) is 2.45. The third-order valence-electron chi connectivity index (χ3n) is 3.74. The second kappa shape index (κ2) is 8.00. The van der Waals surface area contributed by atoms with E-state index in [4.69, 9.17) is 9.84 Å². The molecule has 0 atom stereocenters. The molecule has 1 fully saturated rings. The standard InChI is InChI=1S/C16H24N2O3/c1-17-7-9-18(10-8-17)6-3-11-21-15-5-2-4-14(12-15)13-16(19)20/h2,4-5,12H,3,6-11,13H2,1H3,(H,19,20). The number of hydrogen-bond acceptors (Lipinski definition) is 4. The zero-order valence-corrected chi connectivity index (χ0v) is 12.6. The number of carboxylic acids is 1. The van der Waals surface area contributed by atoms with Gasteiger partial charge in [-0.3, -0.25) is 4.79 Å². The number of piperazine rings is 1. The van der Waals surface area contributed by atoms with Crippen LogP contribution >= 0.6 is 0 Å². The van der Waals surface area contributed by atoms with Gasteiger partial charge in [0.2, 0.25) is 0 Å². The van der Waals surface area contributed by atoms with E-state index in [0.29, 0.717) is 6.61 Å². The monoisotopic (exact) mass is 292 g/mol. The van der Waals surface area contributed by atoms with Crippen molar-refractivity contribution in [1.29, 1.82) is 0 Å². The van der Waals surface area contributed by atoms with Gasteiger partial charge in [-0.2, -0.15) is 0 Å². The van der Waals surface area contributed by atoms with Crippen LogP contribution in [0.3, 0.4) is 0 Å². The van der Waals surface area contributed by atoms with E-state index in [9.17, 15) is 4.79 Å². The van der Waals surface area contributed by atoms with Crippen molar-refractivity contribution in [2.24, 2.45) is 0 Å². The Labute approximate surface area is 126 Å². The fourth-order valence-corrected chi connectivity index (χ4v) is 2.47. The largest absolute Gasteiger partial charge is 0.494 e. The number of carboxylic acid groups (broad SMARTS) is 1. The number of rotatable bonds is 7. The lowest BCUT2D eigenvalue weighted by Gasteiger charge is -2.32. The van der Waals surface area contributed by atoms with E-state index >= 15 is 0 Å². The molecular weight excluding hydrogens is 268 g/mol. The van der Waals surface area contributed by atoms with E-state index in [1.54, 1.807) is 0 Å². The van der Waals surface area contributed by atoms with E-state index in [1.165, 1.54) is 0 Å². The molecule has 1 aliphatic heterocycles. The molecule has 0 saturated carbocycles. The molecule has 0 aliphatic carbocycles. The van der Waals surface area contributed by atoms with Gasteiger partial charge in [0.1, 0.15) is 5.75 Å². The number of aliphatic carboxylic acids is 1. The quantitative estimate of drug-likeness (QED) is 0.768. The molecule has 0 radical (unpaired) electrons. The van der Waals surface area contributed by atoms with Crippen molar-refractivity contribution in [2.45, 2.75) is 12.8 Å². The summed E-state index contributed by atoms with van der Waals surface area (Å²) in [5.41, 5.74) is 0.777. The fourth-order valence-electron chi connectivity index (χ4n) is 2.47. The van der Waals surface area contributed by atoms with Gasteiger partial charge >= 0.3 is 5.97 Å². The van der Waals surface area contributed by atoms with E-state index < -0.39 is 5.97 Å². The molecule has 1 saturated heterocycles. The van der Waals surface area contributed by atoms with Crippen molar-refractivity contribution in [3.63, 3.8) is 0 Å². The second-order valence-corrected chi connectivity index (χ2v) is 5.56. The van der Waals surface area contributed by atoms with Crippen LogP contribution in [0.2, 0.25) is 0 Å². The van der Waals surface area contributed by atoms with E-state index in [-0.39, 0.29) is 6.42 Å². The van der Waals surface area contributed by atoms with Crippen LogP contribution in [-0.4, -0.2) is 67.3 Å². The van der Waals surface area contributed by atoms with Crippen molar-refractivity contribution >= 4 is 5.97 Å². The molecule has 1 aromatic carbocycles. The van der Waals surface area contributed by atoms with Gasteiger partial charge < -0.3 is 19.6 Å². The molecule has 0 bridgehead atoms. The van der Waals surface area contributed by atoms with Gasteiger partial charge in [-0.15, -0.1) is 0 Å². The third kappa shape index (κ3) is 5.73. The predicted octanol–water partition coefficient (Wildman–Crippen LogP) is 1.33. The highest BCUT2D eigenvalue weighted by Crippen LogP contribution is 2.14. The number of ether oxygens (including phenoxy) is 1. The molecule has 21 heavy (non-hydrogen) atoms. The summed E-state index contributed by atoms with van der Waals surface area (Å²) in [4.78, 5) is 15.5. The molecule has 0 amide bonds. The Morgan fingerprint density at radius 2 is 2.05 bits per heavy atom. The van der Waals surface area contributed by atoms with E-state index in [1.807, 2.05) is 24.3 Å². The first kappa shape index (κ1) is 15.8. The highest BCUT2D eigenvalue weighted by molar-refractivity contribution is 5.70. The third-order valence-corrected chi connectivity index (χ3v) is 3.74. The average molecular weight is 292 g/mol. The van der Waals surface area contributed by atoms with Crippen molar-refractivity contribution in [3.05, 3.63) is 29.8 Å². The van der Waals surface area contributed by atoms with Gasteiger partial charge in [0.15, 0.2) is 0 Å². The second-order valence-electron chi connectivity index (χ2n) is 5.56. The zero-order valence-electron chi connectivity index (χ0n) is 12.6. The summed E-state index contributed by atoms with van der Waals surface area (Å²) < 4.78 is 5.71. The van der Waals surface area contributed by atoms with Crippen LogP contribution in [0.5, 0.6) is 5.75 Å². The maximum Gasteiger partial charge on any atom is 0.307 e. The molecule has 0 unspecified atom stereocenters. The lowest BCUT2D eigenvalue weighted by atomic mass is 10.1. The van der Waals surface area contributed by atoms with E-state index in [2.05, 4.69) is 16.8 Å². The number of nitrogens with zero attached hydrogens (tertiary/aromatic N) is 2. The Bertz CT molecular complexity index is 457. The molecule has 2 rings (SSSR count). The summed E-state index contributed by atoms with van der Waals surface area (Å²) in [5.74, 6) is -0.0608. The molecule has 1 N–H and O–H groups in total. The Morgan fingerprint density at radius 3 is 2.76 bits per heavy atom. The van der Waals surface area contributed by atoms with Gasteiger partial charge in [0.25, 0.3) is 0 Å². The zero-order chi connectivity index (χ0) is 15.1. The maximum atomic E-state index is 10.7. The van der Waals surface area contributed by atoms with Crippen molar-refractivity contribution in [2.75, 3.05) is 46.4 Å². The number of hydrogen-bond donors (Lipinski definition) is 1. The summed E-state index contributed by atoms with van der Waals surface area (Å²) in [6, 6.07) is 7.34. The molecule has 0 spiro atoms. The van der Waals surface area contributed by atoms with E-state index in [0.717, 1.165) is 50.5 Å². The van der Waals surface area contributed by atoms with Crippen LogP contribution in [0.1, 0.15) is 12.0 Å². The summed E-state index contributed by atoms with van der Waals surface area (Å²) in [5, 5.41) is 8.79. The van der Waals surface area contributed by atoms with Crippen LogP contribution in [0.25, 0.3) is 0 Å². The van der Waals surface area contributed by atoms with Gasteiger partial charge in [0, 0.05) is 32.7 Å². The summed E-state index contributed by atoms with van der Waals surface area (Å²) >= 11 is 0. The van der Waals surface area contributed by atoms with Crippen LogP contribution in [-0.2, 0) is 11.2 Å². The van der Waals surface area contributed by atoms with Gasteiger partial charge in [-0.1, -0.05) is 12.1 Å². The predicted molar refractivity (Wildman–Crippen MR) is 81.8 cm³/mol. The number of benzene rings is 1. The minimum absolute atomic E-state index is 0.0402. The van der Waals surface area contributed by atoms with Gasteiger partial charge in [-0.05, 0) is 31.2 Å². The molecule has 1 heterocycles. The lowest BCUT2D eigenvalue weighted by Crippen LogP contribution is -2.44. The Morgan fingerprint density at radius 1 is 1.29 bits per heavy atom. The van der Waals surface area contributed by atoms with Crippen LogP contribution in [0, 0.1) is 0 Å². The maximum absolute atomic E-state index is 10.7. The van der Waals surface area contributed by atoms with Crippen molar-refractivity contribution in [1.82, 2.24) is 9.80 Å². The molecule has 0 aromatic heterocycles. The minimum Gasteiger partial charge on any atom is -0.494 e. The Balaban J connectivity index is 1.67. The summed E-state index contributed by atoms with van der Waals surface area (Å²) in [6.45, 7) is 6.26. The molecular formula is C16H24N2O3. The first-order valence-electron chi connectivity index (χ1n) is 7.48. The topological polar surface area (TPSA) is 53.0 Å². The number of likely N-dealkylation sites (N-methyl/N-ethyl adjacent to an activating group) is 1. The van der Waals surface area contributed by atoms with Crippen LogP contribution < -0.4 is 4.74 Å². The fraction of sp³-hybridized carbons (Fsp3) is 0.562. The van der Waals surface area contributed by atoms with Crippen LogP contribution in [0.4, 0.5) is 0 Å². The van der Waals surface area contributed by atoms with Crippen molar-refractivity contribution in [3.8, 4) is 5.75 Å². The molecule has 5 nitrogen and oxygen atoms in total. The smallest absolute Gasteiger partial charge is 0.307 e. The SMILES string of the molecule is CN1CCN(CCCOc2cccc(CC(=O)O)c2)CC1. The first-order chi connectivity index (χ1) is 10.1. The lowest BCUT2D eigenvalue weighted by molar-refractivity contribution is -0.136. The van der Waals surface area contributed by atoms with Crippen LogP contribution in [0.15, 0.2) is 24.3 Å². The highest BCUT2D eigenvalue weighted by Gasteiger charge is 2.12. The van der Waals surface area contributed by atoms with Crippen molar-refractivity contribution < 1.29 is 14.6 Å². The Kier molecular flexibility index (Phi) is 6.02. The Hall–Kier alpha value is -1.59. The van der Waals surface area contributed by atoms with Gasteiger partial charge in [0.05, 0.1) is 13.0 Å². The van der Waals surface area contributed by atoms with Gasteiger partial charge in [-0.25, -0.2) is 0 Å². The molecule has 5 heteroatoms. The number of carbonyl (C=O) groups is 1. The molecule has 1 aliphatic rings. The first-order valence-corrected chi connectivity index (χ1v) is 7.48. The minimum atomic E-state index is -0.817. The summed E-state index contributed by atoms with van der Waals surface area (Å²) in [6.07, 6.45) is 1.03. The summed E-state index contributed by atoms with van der Waals surface area (Å²) in [7, 11) is 2.16. The molecule has 1 aromatic rings. The molecule has 116 valence electrons. The normalized spacial score (nSPS) is 16.8.